The number of rotatable bonds is 9. The number of carbonyl (C=O) groups excluding carboxylic acids is 1. The summed E-state index contributed by atoms with van der Waals surface area (Å²) in [6.45, 7) is 1.93. The van der Waals surface area contributed by atoms with Crippen molar-refractivity contribution in [2.75, 3.05) is 65.6 Å². The molecule has 1 aliphatic heterocycles. The molecular weight excluding hydrogens is 554 g/mol. The summed E-state index contributed by atoms with van der Waals surface area (Å²) >= 11 is 6.39. The topological polar surface area (TPSA) is 120 Å². The predicted molar refractivity (Wildman–Crippen MR) is 156 cm³/mol. The molecule has 0 atom stereocenters. The first kappa shape index (κ1) is 29.5. The monoisotopic (exact) mass is 587 g/mol. The van der Waals surface area contributed by atoms with Crippen molar-refractivity contribution in [3.05, 3.63) is 58.7 Å². The Morgan fingerprint density at radius 2 is 1.73 bits per heavy atom. The molecule has 2 heterocycles. The molecule has 1 amide bonds. The van der Waals surface area contributed by atoms with Crippen molar-refractivity contribution in [3.63, 3.8) is 0 Å². The molecular formula is C27H34ClN7O4S. The lowest BCUT2D eigenvalue weighted by atomic mass is 10.0. The second-order valence-electron chi connectivity index (χ2n) is 9.81. The molecule has 0 bridgehead atoms. The maximum atomic E-state index is 12.8. The van der Waals surface area contributed by atoms with Gasteiger partial charge in [-0.15, -0.1) is 0 Å². The number of halogens is 1. The fourth-order valence-electron chi connectivity index (χ4n) is 4.31. The largest absolute Gasteiger partial charge is 0.495 e. The van der Waals surface area contributed by atoms with Crippen molar-refractivity contribution in [2.24, 2.45) is 0 Å². The highest BCUT2D eigenvalue weighted by Gasteiger charge is 2.23. The number of nitrogens with zero attached hydrogens (tertiary/aromatic N) is 5. The predicted octanol–water partition coefficient (Wildman–Crippen LogP) is 3.36. The summed E-state index contributed by atoms with van der Waals surface area (Å²) in [6.07, 6.45) is 3.02. The number of nitrogens with one attached hydrogen (secondary N) is 2. The summed E-state index contributed by atoms with van der Waals surface area (Å²) in [5.74, 6) is 1.21. The van der Waals surface area contributed by atoms with Gasteiger partial charge >= 0.3 is 0 Å². The van der Waals surface area contributed by atoms with Crippen molar-refractivity contribution in [2.45, 2.75) is 17.7 Å². The van der Waals surface area contributed by atoms with Gasteiger partial charge in [0.1, 0.15) is 15.7 Å². The second kappa shape index (κ2) is 12.4. The SMILES string of the molecule is COc1cc2c(cc1Nc1ncc(Cl)c(Nc3ccccc3S(=O)(=O)N(C)C)n1)CCN(CC(=O)N(C)C)CC2. The van der Waals surface area contributed by atoms with Crippen molar-refractivity contribution >= 4 is 50.7 Å². The number of fused-ring (bicyclic) bond motifs is 1. The minimum atomic E-state index is -3.71. The summed E-state index contributed by atoms with van der Waals surface area (Å²) in [4.78, 5) is 24.9. The molecule has 11 nitrogen and oxygen atoms in total. The van der Waals surface area contributed by atoms with Crippen LogP contribution in [0, 0.1) is 0 Å². The molecule has 214 valence electrons. The van der Waals surface area contributed by atoms with Crippen LogP contribution in [-0.4, -0.2) is 93.3 Å². The van der Waals surface area contributed by atoms with E-state index in [4.69, 9.17) is 16.3 Å². The Morgan fingerprint density at radius 3 is 2.38 bits per heavy atom. The molecule has 1 aromatic heterocycles. The first-order chi connectivity index (χ1) is 19.0. The molecule has 0 unspecified atom stereocenters. The Kier molecular flexibility index (Phi) is 9.14. The normalized spacial score (nSPS) is 13.9. The Labute approximate surface area is 240 Å². The number of methoxy groups -OCH3 is 1. The van der Waals surface area contributed by atoms with E-state index in [9.17, 15) is 13.2 Å². The van der Waals surface area contributed by atoms with Crippen LogP contribution < -0.4 is 15.4 Å². The molecule has 4 rings (SSSR count). The summed E-state index contributed by atoms with van der Waals surface area (Å²) < 4.78 is 32.5. The van der Waals surface area contributed by atoms with Crippen molar-refractivity contribution in [1.29, 1.82) is 0 Å². The number of ether oxygens (including phenoxy) is 1. The summed E-state index contributed by atoms with van der Waals surface area (Å²) in [6, 6.07) is 10.6. The molecule has 0 spiro atoms. The van der Waals surface area contributed by atoms with Gasteiger partial charge in [-0.25, -0.2) is 17.7 Å². The van der Waals surface area contributed by atoms with Gasteiger partial charge in [-0.1, -0.05) is 23.7 Å². The van der Waals surface area contributed by atoms with Crippen LogP contribution in [0.4, 0.5) is 23.1 Å². The molecule has 2 aromatic carbocycles. The average Bonchev–Trinajstić information content (AvgIpc) is 3.11. The molecule has 40 heavy (non-hydrogen) atoms. The zero-order valence-electron chi connectivity index (χ0n) is 23.2. The Bertz CT molecular complexity index is 1500. The number of likely N-dealkylation sites (N-methyl/N-ethyl adjacent to an activating group) is 1. The molecule has 0 aliphatic carbocycles. The number of hydrogen-bond acceptors (Lipinski definition) is 9. The van der Waals surface area contributed by atoms with Gasteiger partial charge in [0, 0.05) is 41.3 Å². The highest BCUT2D eigenvalue weighted by Crippen LogP contribution is 2.34. The molecule has 13 heteroatoms. The Morgan fingerprint density at radius 1 is 1.05 bits per heavy atom. The van der Waals surface area contributed by atoms with Crippen LogP contribution in [-0.2, 0) is 27.7 Å². The molecule has 3 aromatic rings. The number of aromatic nitrogens is 2. The first-order valence-corrected chi connectivity index (χ1v) is 14.5. The quantitative estimate of drug-likeness (QED) is 0.388. The summed E-state index contributed by atoms with van der Waals surface area (Å²) in [5, 5.41) is 6.49. The van der Waals surface area contributed by atoms with E-state index in [1.165, 1.54) is 31.9 Å². The number of sulfonamides is 1. The second-order valence-corrected chi connectivity index (χ2v) is 12.3. The lowest BCUT2D eigenvalue weighted by molar-refractivity contribution is -0.129. The van der Waals surface area contributed by atoms with Gasteiger partial charge in [-0.2, -0.15) is 4.98 Å². The standard InChI is InChI=1S/C27H34ClN7O4S/c1-33(2)25(36)17-35-12-10-18-14-22(23(39-5)15-19(18)11-13-35)31-27-29-16-20(28)26(32-27)30-21-8-6-7-9-24(21)40(37,38)34(3)4/h6-9,14-16H,10-13,17H2,1-5H3,(H2,29,30,31,32). The van der Waals surface area contributed by atoms with E-state index in [0.29, 0.717) is 23.7 Å². The number of anilines is 4. The van der Waals surface area contributed by atoms with E-state index < -0.39 is 10.0 Å². The molecule has 1 aliphatic rings. The third-order valence-corrected chi connectivity index (χ3v) is 8.81. The first-order valence-electron chi connectivity index (χ1n) is 12.7. The Hall–Kier alpha value is -3.45. The smallest absolute Gasteiger partial charge is 0.244 e. The van der Waals surface area contributed by atoms with E-state index in [1.54, 1.807) is 44.3 Å². The van der Waals surface area contributed by atoms with Crippen LogP contribution in [0.5, 0.6) is 5.75 Å². The molecule has 0 saturated heterocycles. The minimum Gasteiger partial charge on any atom is -0.495 e. The molecule has 0 radical (unpaired) electrons. The van der Waals surface area contributed by atoms with E-state index >= 15 is 0 Å². The van der Waals surface area contributed by atoms with Crippen molar-refractivity contribution in [1.82, 2.24) is 24.1 Å². The zero-order chi connectivity index (χ0) is 29.0. The molecule has 0 fully saturated rings. The van der Waals surface area contributed by atoms with E-state index in [2.05, 4.69) is 25.5 Å². The van der Waals surface area contributed by atoms with Gasteiger partial charge in [0.05, 0.1) is 31.2 Å². The van der Waals surface area contributed by atoms with Crippen LogP contribution in [0.1, 0.15) is 11.1 Å². The van der Waals surface area contributed by atoms with Gasteiger partial charge in [0.15, 0.2) is 5.82 Å². The third kappa shape index (κ3) is 6.64. The molecule has 2 N–H and O–H groups in total. The average molecular weight is 588 g/mol. The van der Waals surface area contributed by atoms with Crippen LogP contribution in [0.3, 0.4) is 0 Å². The van der Waals surface area contributed by atoms with Crippen LogP contribution in [0.2, 0.25) is 5.02 Å². The van der Waals surface area contributed by atoms with Crippen molar-refractivity contribution in [3.8, 4) is 5.75 Å². The highest BCUT2D eigenvalue weighted by molar-refractivity contribution is 7.89. The van der Waals surface area contributed by atoms with E-state index in [-0.39, 0.29) is 27.6 Å². The van der Waals surface area contributed by atoms with E-state index in [0.717, 1.165) is 35.8 Å². The lowest BCUT2D eigenvalue weighted by Gasteiger charge is -2.21. The molecule has 0 saturated carbocycles. The number of carbonyl (C=O) groups is 1. The highest BCUT2D eigenvalue weighted by atomic mass is 35.5. The van der Waals surface area contributed by atoms with Crippen LogP contribution in [0.15, 0.2) is 47.5 Å². The van der Waals surface area contributed by atoms with Gasteiger partial charge in [0.2, 0.25) is 21.9 Å². The summed E-state index contributed by atoms with van der Waals surface area (Å²) in [7, 11) is 4.37. The summed E-state index contributed by atoms with van der Waals surface area (Å²) in [5.41, 5.74) is 3.34. The number of benzene rings is 2. The minimum absolute atomic E-state index is 0.0807. The number of amides is 1. The fourth-order valence-corrected chi connectivity index (χ4v) is 5.49. The fraction of sp³-hybridized carbons (Fsp3) is 0.370. The van der Waals surface area contributed by atoms with Crippen LogP contribution >= 0.6 is 11.6 Å². The maximum absolute atomic E-state index is 12.8. The third-order valence-electron chi connectivity index (χ3n) is 6.66. The van der Waals surface area contributed by atoms with Crippen molar-refractivity contribution < 1.29 is 17.9 Å². The van der Waals surface area contributed by atoms with Gasteiger partial charge in [-0.3, -0.25) is 9.69 Å². The maximum Gasteiger partial charge on any atom is 0.244 e. The van der Waals surface area contributed by atoms with Crippen LogP contribution in [0.25, 0.3) is 0 Å². The van der Waals surface area contributed by atoms with Gasteiger partial charge in [0.25, 0.3) is 0 Å². The van der Waals surface area contributed by atoms with Gasteiger partial charge in [-0.05, 0) is 48.2 Å². The zero-order valence-corrected chi connectivity index (χ0v) is 24.8. The van der Waals surface area contributed by atoms with E-state index in [1.807, 2.05) is 12.1 Å². The number of hydrogen-bond donors (Lipinski definition) is 2. The number of para-hydroxylation sites is 1. The van der Waals surface area contributed by atoms with Gasteiger partial charge < -0.3 is 20.3 Å². The lowest BCUT2D eigenvalue weighted by Crippen LogP contribution is -2.37. The Balaban J connectivity index is 1.58.